The molecule has 0 aromatic heterocycles. The van der Waals surface area contributed by atoms with E-state index in [1.165, 1.54) is 0 Å². The zero-order chi connectivity index (χ0) is 17.1. The highest BCUT2D eigenvalue weighted by atomic mass is 35.5. The Labute approximate surface area is 147 Å². The van der Waals surface area contributed by atoms with Crippen molar-refractivity contribution in [1.29, 1.82) is 0 Å². The summed E-state index contributed by atoms with van der Waals surface area (Å²) >= 11 is 0. The smallest absolute Gasteiger partial charge is 0.387 e. The van der Waals surface area contributed by atoms with Crippen molar-refractivity contribution in [2.75, 3.05) is 6.54 Å². The first-order chi connectivity index (χ1) is 10.8. The number of halogens is 3. The second kappa shape index (κ2) is 8.62. The number of ether oxygens (including phenoxy) is 1. The number of piperidine rings is 1. The molecule has 7 heteroatoms. The summed E-state index contributed by atoms with van der Waals surface area (Å²) in [5, 5.41) is 0. The van der Waals surface area contributed by atoms with E-state index in [0.29, 0.717) is 23.2 Å². The molecule has 1 aromatic carbocycles. The minimum absolute atomic E-state index is 0. The zero-order valence-corrected chi connectivity index (χ0v) is 15.0. The summed E-state index contributed by atoms with van der Waals surface area (Å²) in [6, 6.07) is 3.15. The molecule has 1 fully saturated rings. The fourth-order valence-electron chi connectivity index (χ4n) is 3.27. The van der Waals surface area contributed by atoms with Gasteiger partial charge in [0.2, 0.25) is 0 Å². The number of likely N-dealkylation sites (tertiary alicyclic amines) is 1. The number of carbonyl (C=O) groups excluding carboxylic acids is 1. The number of benzene rings is 1. The number of alkyl halides is 2. The molecule has 0 saturated carbocycles. The van der Waals surface area contributed by atoms with Gasteiger partial charge in [0.05, 0.1) is 0 Å². The molecule has 4 nitrogen and oxygen atoms in total. The monoisotopic (exact) mass is 362 g/mol. The van der Waals surface area contributed by atoms with Gasteiger partial charge in [0.25, 0.3) is 5.91 Å². The highest BCUT2D eigenvalue weighted by molar-refractivity contribution is 5.95. The van der Waals surface area contributed by atoms with Gasteiger partial charge in [-0.25, -0.2) is 0 Å². The molecule has 136 valence electrons. The van der Waals surface area contributed by atoms with Gasteiger partial charge in [0.1, 0.15) is 5.75 Å². The third kappa shape index (κ3) is 4.57. The normalized spacial score (nSPS) is 19.0. The van der Waals surface area contributed by atoms with Crippen LogP contribution in [0, 0.1) is 13.8 Å². The molecule has 1 aromatic rings. The Bertz CT molecular complexity index is 559. The second-order valence-electron chi connectivity index (χ2n) is 6.24. The standard InChI is InChI=1S/C17H24F2N2O2.ClH/c1-10-8-13(9-11(2)15(10)23-17(18)19)16(22)21-7-5-4-6-14(21)12(3)20;/h8-9,12,14,17H,4-7,20H2,1-3H3;1H. The molecule has 24 heavy (non-hydrogen) atoms. The van der Waals surface area contributed by atoms with Gasteiger partial charge in [-0.15, -0.1) is 12.4 Å². The summed E-state index contributed by atoms with van der Waals surface area (Å²) in [6.45, 7) is 3.05. The molecule has 2 rings (SSSR count). The highest BCUT2D eigenvalue weighted by Gasteiger charge is 2.30. The van der Waals surface area contributed by atoms with Crippen LogP contribution in [-0.4, -0.2) is 36.0 Å². The minimum Gasteiger partial charge on any atom is -0.434 e. The lowest BCUT2D eigenvalue weighted by atomic mass is 9.95. The van der Waals surface area contributed by atoms with Gasteiger partial charge in [0.15, 0.2) is 0 Å². The summed E-state index contributed by atoms with van der Waals surface area (Å²) in [5.74, 6) is 0.0423. The molecule has 1 saturated heterocycles. The van der Waals surface area contributed by atoms with E-state index in [0.717, 1.165) is 19.3 Å². The number of nitrogens with two attached hydrogens (primary N) is 1. The maximum atomic E-state index is 12.8. The van der Waals surface area contributed by atoms with Gasteiger partial charge in [-0.3, -0.25) is 4.79 Å². The Hall–Kier alpha value is -1.40. The van der Waals surface area contributed by atoms with Crippen LogP contribution in [0.15, 0.2) is 12.1 Å². The summed E-state index contributed by atoms with van der Waals surface area (Å²) in [7, 11) is 0. The first-order valence-corrected chi connectivity index (χ1v) is 7.94. The van der Waals surface area contributed by atoms with Gasteiger partial charge >= 0.3 is 6.61 Å². The number of rotatable bonds is 4. The van der Waals surface area contributed by atoms with Crippen molar-refractivity contribution in [2.45, 2.75) is 58.7 Å². The summed E-state index contributed by atoms with van der Waals surface area (Å²) in [5.41, 5.74) is 7.57. The molecule has 0 radical (unpaired) electrons. The average Bonchev–Trinajstić information content (AvgIpc) is 2.49. The molecule has 1 amide bonds. The third-order valence-corrected chi connectivity index (χ3v) is 4.33. The van der Waals surface area contributed by atoms with E-state index in [2.05, 4.69) is 4.74 Å². The first kappa shape index (κ1) is 20.6. The summed E-state index contributed by atoms with van der Waals surface area (Å²) in [6.07, 6.45) is 2.92. The molecule has 2 atom stereocenters. The number of hydrogen-bond acceptors (Lipinski definition) is 3. The van der Waals surface area contributed by atoms with Crippen LogP contribution in [0.3, 0.4) is 0 Å². The number of aryl methyl sites for hydroxylation is 2. The Morgan fingerprint density at radius 2 is 1.88 bits per heavy atom. The van der Waals surface area contributed by atoms with Gasteiger partial charge in [-0.2, -0.15) is 8.78 Å². The molecule has 1 heterocycles. The van der Waals surface area contributed by atoms with Gasteiger partial charge < -0.3 is 15.4 Å². The van der Waals surface area contributed by atoms with Crippen LogP contribution in [0.25, 0.3) is 0 Å². The first-order valence-electron chi connectivity index (χ1n) is 7.94. The quantitative estimate of drug-likeness (QED) is 0.889. The van der Waals surface area contributed by atoms with Crippen LogP contribution < -0.4 is 10.5 Å². The van der Waals surface area contributed by atoms with Crippen molar-refractivity contribution in [1.82, 2.24) is 4.90 Å². The van der Waals surface area contributed by atoms with E-state index in [4.69, 9.17) is 5.73 Å². The highest BCUT2D eigenvalue weighted by Crippen LogP contribution is 2.28. The van der Waals surface area contributed by atoms with E-state index in [9.17, 15) is 13.6 Å². The largest absolute Gasteiger partial charge is 0.434 e. The fourth-order valence-corrected chi connectivity index (χ4v) is 3.27. The van der Waals surface area contributed by atoms with E-state index < -0.39 is 6.61 Å². The van der Waals surface area contributed by atoms with Gasteiger partial charge in [-0.1, -0.05) is 0 Å². The van der Waals surface area contributed by atoms with Crippen molar-refractivity contribution in [3.63, 3.8) is 0 Å². The van der Waals surface area contributed by atoms with E-state index in [1.54, 1.807) is 26.0 Å². The molecular formula is C17H25ClF2N2O2. The second-order valence-corrected chi connectivity index (χ2v) is 6.24. The van der Waals surface area contributed by atoms with Crippen molar-refractivity contribution in [3.8, 4) is 5.75 Å². The molecule has 1 aliphatic rings. The predicted octanol–water partition coefficient (Wildman–Crippen LogP) is 3.67. The number of amides is 1. The average molecular weight is 363 g/mol. The minimum atomic E-state index is -2.88. The topological polar surface area (TPSA) is 55.6 Å². The third-order valence-electron chi connectivity index (χ3n) is 4.33. The van der Waals surface area contributed by atoms with Crippen molar-refractivity contribution >= 4 is 18.3 Å². The Balaban J connectivity index is 0.00000288. The lowest BCUT2D eigenvalue weighted by molar-refractivity contribution is -0.0507. The lowest BCUT2D eigenvalue weighted by Gasteiger charge is -2.38. The van der Waals surface area contributed by atoms with Crippen molar-refractivity contribution in [2.24, 2.45) is 5.73 Å². The fraction of sp³-hybridized carbons (Fsp3) is 0.588. The lowest BCUT2D eigenvalue weighted by Crippen LogP contribution is -2.51. The zero-order valence-electron chi connectivity index (χ0n) is 14.2. The number of nitrogens with zero attached hydrogens (tertiary/aromatic N) is 1. The van der Waals surface area contributed by atoms with Crippen LogP contribution in [0.2, 0.25) is 0 Å². The Kier molecular flexibility index (Phi) is 7.42. The van der Waals surface area contributed by atoms with Crippen LogP contribution in [0.1, 0.15) is 47.7 Å². The van der Waals surface area contributed by atoms with E-state index >= 15 is 0 Å². The van der Waals surface area contributed by atoms with E-state index in [1.807, 2.05) is 11.8 Å². The number of hydrogen-bond donors (Lipinski definition) is 1. The summed E-state index contributed by atoms with van der Waals surface area (Å²) in [4.78, 5) is 14.6. The van der Waals surface area contributed by atoms with Crippen LogP contribution >= 0.6 is 12.4 Å². The van der Waals surface area contributed by atoms with Crippen LogP contribution in [-0.2, 0) is 0 Å². The SMILES string of the molecule is Cc1cc(C(=O)N2CCCCC2C(C)N)cc(C)c1OC(F)F.Cl. The molecule has 2 unspecified atom stereocenters. The van der Waals surface area contributed by atoms with Crippen LogP contribution in [0.4, 0.5) is 8.78 Å². The Morgan fingerprint density at radius 3 is 2.38 bits per heavy atom. The van der Waals surface area contributed by atoms with Gasteiger partial charge in [0, 0.05) is 24.2 Å². The molecule has 0 bridgehead atoms. The summed E-state index contributed by atoms with van der Waals surface area (Å²) < 4.78 is 29.5. The predicted molar refractivity (Wildman–Crippen MR) is 92.1 cm³/mol. The molecule has 2 N–H and O–H groups in total. The molecule has 0 spiro atoms. The van der Waals surface area contributed by atoms with E-state index in [-0.39, 0.29) is 36.1 Å². The maximum Gasteiger partial charge on any atom is 0.387 e. The maximum absolute atomic E-state index is 12.8. The van der Waals surface area contributed by atoms with Gasteiger partial charge in [-0.05, 0) is 63.3 Å². The van der Waals surface area contributed by atoms with Crippen molar-refractivity contribution < 1.29 is 18.3 Å². The Morgan fingerprint density at radius 1 is 1.29 bits per heavy atom. The van der Waals surface area contributed by atoms with Crippen molar-refractivity contribution in [3.05, 3.63) is 28.8 Å². The molecular weight excluding hydrogens is 338 g/mol. The number of carbonyl (C=O) groups is 1. The molecule has 1 aliphatic heterocycles. The van der Waals surface area contributed by atoms with Crippen LogP contribution in [0.5, 0.6) is 5.75 Å². The molecule has 0 aliphatic carbocycles.